The van der Waals surface area contributed by atoms with E-state index >= 15 is 0 Å². The molecule has 2 rings (SSSR count). The summed E-state index contributed by atoms with van der Waals surface area (Å²) in [5, 5.41) is 7.96. The topological polar surface area (TPSA) is 81.4 Å². The van der Waals surface area contributed by atoms with Crippen LogP contribution < -0.4 is 15.2 Å². The molecule has 5 nitrogen and oxygen atoms in total. The molecular formula is C10H14N2O3S. The minimum Gasteiger partial charge on any atom is -0.490 e. The van der Waals surface area contributed by atoms with Gasteiger partial charge in [-0.1, -0.05) is 0 Å². The molecule has 0 radical (unpaired) electrons. The van der Waals surface area contributed by atoms with Gasteiger partial charge >= 0.3 is 0 Å². The summed E-state index contributed by atoms with van der Waals surface area (Å²) >= 11 is 0. The second kappa shape index (κ2) is 3.95. The lowest BCUT2D eigenvalue weighted by molar-refractivity contribution is 0.302. The third kappa shape index (κ3) is 2.65. The molecule has 0 spiro atoms. The second-order valence-electron chi connectivity index (χ2n) is 3.81. The lowest BCUT2D eigenvalue weighted by Crippen LogP contribution is -2.13. The smallest absolute Gasteiger partial charge is 0.238 e. The van der Waals surface area contributed by atoms with Crippen LogP contribution in [0, 0.1) is 0 Å². The van der Waals surface area contributed by atoms with Gasteiger partial charge in [0.05, 0.1) is 11.0 Å². The first-order valence-corrected chi connectivity index (χ1v) is 6.56. The van der Waals surface area contributed by atoms with Crippen molar-refractivity contribution in [2.24, 2.45) is 5.14 Å². The van der Waals surface area contributed by atoms with Crippen LogP contribution in [-0.2, 0) is 10.0 Å². The molecule has 88 valence electrons. The van der Waals surface area contributed by atoms with Crippen molar-refractivity contribution < 1.29 is 13.2 Å². The van der Waals surface area contributed by atoms with Gasteiger partial charge in [-0.05, 0) is 18.9 Å². The lowest BCUT2D eigenvalue weighted by atomic mass is 10.3. The van der Waals surface area contributed by atoms with Crippen molar-refractivity contribution in [1.29, 1.82) is 0 Å². The highest BCUT2D eigenvalue weighted by Crippen LogP contribution is 2.30. The van der Waals surface area contributed by atoms with E-state index in [1.54, 1.807) is 13.1 Å². The Kier molecular flexibility index (Phi) is 2.77. The fraction of sp³-hybridized carbons (Fsp3) is 0.400. The minimum absolute atomic E-state index is 0.0648. The van der Waals surface area contributed by atoms with Crippen molar-refractivity contribution in [2.75, 3.05) is 12.4 Å². The molecule has 0 atom stereocenters. The van der Waals surface area contributed by atoms with E-state index in [1.807, 2.05) is 0 Å². The number of anilines is 1. The number of primary sulfonamides is 1. The van der Waals surface area contributed by atoms with Gasteiger partial charge in [0, 0.05) is 24.9 Å². The zero-order valence-electron chi connectivity index (χ0n) is 8.93. The molecule has 0 aliphatic heterocycles. The number of hydrogen-bond donors (Lipinski definition) is 2. The molecule has 0 bridgehead atoms. The summed E-state index contributed by atoms with van der Waals surface area (Å²) in [6.07, 6.45) is 2.27. The Morgan fingerprint density at radius 2 is 2.06 bits per heavy atom. The highest BCUT2D eigenvalue weighted by Gasteiger charge is 2.24. The number of rotatable bonds is 4. The first-order valence-electron chi connectivity index (χ1n) is 5.01. The molecule has 16 heavy (non-hydrogen) atoms. The highest BCUT2D eigenvalue weighted by atomic mass is 32.2. The van der Waals surface area contributed by atoms with Gasteiger partial charge in [-0.25, -0.2) is 13.6 Å². The Balaban J connectivity index is 2.37. The van der Waals surface area contributed by atoms with E-state index in [-0.39, 0.29) is 11.0 Å². The van der Waals surface area contributed by atoms with Crippen molar-refractivity contribution in [3.63, 3.8) is 0 Å². The number of benzene rings is 1. The fourth-order valence-corrected chi connectivity index (χ4v) is 1.90. The number of ether oxygens (including phenoxy) is 1. The molecule has 3 N–H and O–H groups in total. The van der Waals surface area contributed by atoms with E-state index in [0.717, 1.165) is 12.8 Å². The van der Waals surface area contributed by atoms with Gasteiger partial charge in [-0.15, -0.1) is 0 Å². The third-order valence-electron chi connectivity index (χ3n) is 2.32. The summed E-state index contributed by atoms with van der Waals surface area (Å²) in [6.45, 7) is 0. The van der Waals surface area contributed by atoms with E-state index in [9.17, 15) is 8.42 Å². The number of hydrogen-bond acceptors (Lipinski definition) is 4. The van der Waals surface area contributed by atoms with Crippen LogP contribution in [0.2, 0.25) is 0 Å². The SMILES string of the molecule is CNc1cc(OC2CC2)cc(S(N)(=O)=O)c1. The molecular weight excluding hydrogens is 228 g/mol. The molecule has 1 saturated carbocycles. The molecule has 1 fully saturated rings. The van der Waals surface area contributed by atoms with Crippen LogP contribution in [0.25, 0.3) is 0 Å². The van der Waals surface area contributed by atoms with Crippen LogP contribution in [0.1, 0.15) is 12.8 Å². The van der Waals surface area contributed by atoms with Gasteiger partial charge in [0.15, 0.2) is 0 Å². The van der Waals surface area contributed by atoms with Gasteiger partial charge in [0.1, 0.15) is 5.75 Å². The summed E-state index contributed by atoms with van der Waals surface area (Å²) in [5.41, 5.74) is 0.669. The van der Waals surface area contributed by atoms with Crippen LogP contribution in [-0.4, -0.2) is 21.6 Å². The predicted octanol–water partition coefficient (Wildman–Crippen LogP) is 0.917. The maximum Gasteiger partial charge on any atom is 0.238 e. The monoisotopic (exact) mass is 242 g/mol. The maximum atomic E-state index is 11.2. The van der Waals surface area contributed by atoms with E-state index in [4.69, 9.17) is 9.88 Å². The molecule has 1 aliphatic rings. The zero-order valence-corrected chi connectivity index (χ0v) is 9.75. The Bertz CT molecular complexity index is 495. The van der Waals surface area contributed by atoms with Gasteiger partial charge in [0.25, 0.3) is 0 Å². The number of nitrogens with one attached hydrogen (secondary N) is 1. The van der Waals surface area contributed by atoms with Crippen LogP contribution in [0.4, 0.5) is 5.69 Å². The van der Waals surface area contributed by atoms with Crippen LogP contribution in [0.3, 0.4) is 0 Å². The first kappa shape index (κ1) is 11.2. The Hall–Kier alpha value is -1.27. The molecule has 6 heteroatoms. The average molecular weight is 242 g/mol. The zero-order chi connectivity index (χ0) is 11.8. The van der Waals surface area contributed by atoms with Crippen molar-refractivity contribution in [3.8, 4) is 5.75 Å². The maximum absolute atomic E-state index is 11.2. The first-order chi connectivity index (χ1) is 7.49. The minimum atomic E-state index is -3.69. The van der Waals surface area contributed by atoms with Crippen molar-refractivity contribution in [1.82, 2.24) is 0 Å². The summed E-state index contributed by atoms with van der Waals surface area (Å²) in [6, 6.07) is 4.69. The second-order valence-corrected chi connectivity index (χ2v) is 5.37. The van der Waals surface area contributed by atoms with Crippen molar-refractivity contribution >= 4 is 15.7 Å². The quantitative estimate of drug-likeness (QED) is 0.822. The molecule has 1 aromatic carbocycles. The Labute approximate surface area is 94.6 Å². The van der Waals surface area contributed by atoms with Crippen LogP contribution >= 0.6 is 0 Å². The van der Waals surface area contributed by atoms with Gasteiger partial charge in [-0.2, -0.15) is 0 Å². The molecule has 1 aromatic rings. The van der Waals surface area contributed by atoms with Gasteiger partial charge in [-0.3, -0.25) is 0 Å². The molecule has 0 unspecified atom stereocenters. The fourth-order valence-electron chi connectivity index (χ4n) is 1.33. The summed E-state index contributed by atoms with van der Waals surface area (Å²) < 4.78 is 28.0. The summed E-state index contributed by atoms with van der Waals surface area (Å²) in [7, 11) is -1.98. The van der Waals surface area contributed by atoms with E-state index < -0.39 is 10.0 Å². The van der Waals surface area contributed by atoms with E-state index in [0.29, 0.717) is 11.4 Å². The average Bonchev–Trinajstić information content (AvgIpc) is 3.00. The lowest BCUT2D eigenvalue weighted by Gasteiger charge is -2.09. The summed E-state index contributed by atoms with van der Waals surface area (Å²) in [4.78, 5) is 0.0648. The van der Waals surface area contributed by atoms with Gasteiger partial charge in [0.2, 0.25) is 10.0 Å². The van der Waals surface area contributed by atoms with Crippen molar-refractivity contribution in [2.45, 2.75) is 23.8 Å². The Morgan fingerprint density at radius 1 is 1.38 bits per heavy atom. The molecule has 0 aromatic heterocycles. The third-order valence-corrected chi connectivity index (χ3v) is 3.22. The van der Waals surface area contributed by atoms with Crippen LogP contribution in [0.15, 0.2) is 23.1 Å². The molecule has 0 amide bonds. The van der Waals surface area contributed by atoms with E-state index in [2.05, 4.69) is 5.32 Å². The molecule has 0 heterocycles. The standard InChI is InChI=1S/C10H14N2O3S/c1-12-7-4-9(15-8-2-3-8)6-10(5-7)16(11,13)14/h4-6,8,12H,2-3H2,1H3,(H2,11,13,14). The summed E-state index contributed by atoms with van der Waals surface area (Å²) in [5.74, 6) is 0.540. The predicted molar refractivity (Wildman–Crippen MR) is 61.0 cm³/mol. The Morgan fingerprint density at radius 3 is 2.56 bits per heavy atom. The largest absolute Gasteiger partial charge is 0.490 e. The normalized spacial score (nSPS) is 15.9. The number of sulfonamides is 1. The van der Waals surface area contributed by atoms with Gasteiger partial charge < -0.3 is 10.1 Å². The highest BCUT2D eigenvalue weighted by molar-refractivity contribution is 7.89. The van der Waals surface area contributed by atoms with Crippen molar-refractivity contribution in [3.05, 3.63) is 18.2 Å². The van der Waals surface area contributed by atoms with Crippen LogP contribution in [0.5, 0.6) is 5.75 Å². The molecule has 0 saturated heterocycles. The molecule has 1 aliphatic carbocycles. The number of nitrogens with two attached hydrogens (primary N) is 1. The van der Waals surface area contributed by atoms with E-state index in [1.165, 1.54) is 12.1 Å².